The highest BCUT2D eigenvalue weighted by molar-refractivity contribution is 6.00. The summed E-state index contributed by atoms with van der Waals surface area (Å²) in [4.78, 5) is 104. The van der Waals surface area contributed by atoms with E-state index in [2.05, 4.69) is 38.8 Å². The number of hydrogen-bond donors (Lipinski definition) is 13. The van der Waals surface area contributed by atoms with E-state index in [4.69, 9.17) is 4.74 Å². The third kappa shape index (κ3) is 17.6. The molecule has 0 radical (unpaired) electrons. The Bertz CT molecular complexity index is 3000. The predicted octanol–water partition coefficient (Wildman–Crippen LogP) is 0.406. The Morgan fingerprint density at radius 1 is 0.644 bits per heavy atom. The van der Waals surface area contributed by atoms with E-state index in [-0.39, 0.29) is 42.3 Å². The van der Waals surface area contributed by atoms with Gasteiger partial charge in [-0.25, -0.2) is 0 Å². The molecule has 3 fully saturated rings. The van der Waals surface area contributed by atoms with Crippen LogP contribution < -0.4 is 36.6 Å². The summed E-state index contributed by atoms with van der Waals surface area (Å²) in [6, 6.07) is 16.5. The van der Waals surface area contributed by atoms with Crippen LogP contribution in [0, 0.1) is 5.92 Å². The molecule has 24 nitrogen and oxygen atoms in total. The monoisotopic (exact) mass is 1210 g/mol. The minimum absolute atomic E-state index is 0.0291. The van der Waals surface area contributed by atoms with E-state index >= 15 is 0 Å². The highest BCUT2D eigenvalue weighted by atomic mass is 16.5. The first kappa shape index (κ1) is 67.0. The average Bonchev–Trinajstić information content (AvgIpc) is 3.67. The number of aromatic hydroxyl groups is 1. The summed E-state index contributed by atoms with van der Waals surface area (Å²) < 4.78 is 6.31. The van der Waals surface area contributed by atoms with Crippen LogP contribution in [-0.4, -0.2) is 218 Å². The van der Waals surface area contributed by atoms with Gasteiger partial charge in [0.25, 0.3) is 5.91 Å². The summed E-state index contributed by atoms with van der Waals surface area (Å²) in [7, 11) is 5.74. The van der Waals surface area contributed by atoms with Gasteiger partial charge in [-0.05, 0) is 96.8 Å². The maximum Gasteiger partial charge on any atom is 0.251 e. The number of phenolic OH excluding ortho intramolecular Hbond substituents is 1. The number of hydrogen-bond acceptors (Lipinski definition) is 16. The van der Waals surface area contributed by atoms with Crippen LogP contribution in [0.3, 0.4) is 0 Å². The number of benzene rings is 4. The quantitative estimate of drug-likeness (QED) is 0.0474. The maximum atomic E-state index is 14.8. The van der Waals surface area contributed by atoms with Crippen molar-refractivity contribution in [2.75, 3.05) is 53.9 Å². The zero-order chi connectivity index (χ0) is 63.4. The molecule has 0 bridgehead atoms. The van der Waals surface area contributed by atoms with Gasteiger partial charge < -0.3 is 81.3 Å². The molecule has 7 unspecified atom stereocenters. The van der Waals surface area contributed by atoms with Crippen molar-refractivity contribution < 1.29 is 78.5 Å². The third-order valence-corrected chi connectivity index (χ3v) is 16.0. The number of rotatable bonds is 18. The molecule has 3 heterocycles. The number of quaternary nitrogens is 1. The standard InChI is InChI=1S/C63H85N9O15/c1-8-9-10-29-87-46-25-21-41(22-26-46)39-13-11-38(12-14-39)40-15-17-43(18-16-40)57(80)65-47-32-50(77)56(64-27-28-72(5,6)7)69-60(83)48-30-35(2)33-70(48)62(85)52(37(4)74)67-61(84)53(55(79)54(78)42-19-23-44(75)24-20-42)68-59(82)49-31-45(76)34-71(49)63(86)51(36(3)73)66-58(47)81/h11-26,35-37,45,47-56,64,73-74,76-79H,8-10,27-34H2,1-7H3,(H5-,65,66,67,68,69,75,80,81,82,83,84)/p+1/t35-,36-,37-,45-,47?,48?,49?,50-,51?,52?,53?,54+,55+,56?/m1/s1. The van der Waals surface area contributed by atoms with Crippen molar-refractivity contribution in [3.8, 4) is 33.8 Å². The van der Waals surface area contributed by atoms with Crippen LogP contribution in [0.4, 0.5) is 0 Å². The minimum Gasteiger partial charge on any atom is -0.508 e. The lowest BCUT2D eigenvalue weighted by molar-refractivity contribution is -0.869. The van der Waals surface area contributed by atoms with Crippen LogP contribution in [0.15, 0.2) is 97.1 Å². The average molecular weight is 1210 g/mol. The number of ether oxygens (including phenoxy) is 1. The number of aliphatic hydroxyl groups is 6. The molecule has 4 aromatic rings. The van der Waals surface area contributed by atoms with E-state index in [1.807, 2.05) is 69.7 Å². The third-order valence-electron chi connectivity index (χ3n) is 16.0. The second-order valence-electron chi connectivity index (χ2n) is 24.2. The van der Waals surface area contributed by atoms with Crippen molar-refractivity contribution >= 4 is 41.4 Å². The molecule has 3 aliphatic heterocycles. The number of carbonyl (C=O) groups excluding carboxylic acids is 7. The van der Waals surface area contributed by atoms with E-state index in [0.717, 1.165) is 57.1 Å². The fraction of sp³-hybridized carbons (Fsp3) is 0.508. The van der Waals surface area contributed by atoms with Crippen LogP contribution in [0.5, 0.6) is 11.5 Å². The summed E-state index contributed by atoms with van der Waals surface area (Å²) in [5.74, 6) is -6.94. The SMILES string of the molecule is CCCCCOc1ccc(-c2ccc(-c3ccc(C(=O)NC4C[C@@H](O)C(NCC[N+](C)(C)C)NC(=O)C5C[C@@H](C)CN5C(=O)C([C@@H](C)O)NC(=O)C([C@H](O)[C@@H](O)c5ccc(O)cc5)NC(=O)C5C[C@@H](O)CN5C(=O)C([C@@H](C)O)NC4=O)cc3)cc2)cc1. The first-order valence-electron chi connectivity index (χ1n) is 29.7. The molecule has 14 atom stereocenters. The lowest BCUT2D eigenvalue weighted by Gasteiger charge is -2.34. The lowest BCUT2D eigenvalue weighted by Crippen LogP contribution is -2.64. The van der Waals surface area contributed by atoms with E-state index < -0.39 is 140 Å². The summed E-state index contributed by atoms with van der Waals surface area (Å²) in [5.41, 5.74) is 3.63. The molecule has 7 amide bonds. The Hall–Kier alpha value is -7.55. The van der Waals surface area contributed by atoms with Gasteiger partial charge in [-0.15, -0.1) is 0 Å². The molecule has 0 spiro atoms. The first-order chi connectivity index (χ1) is 41.2. The molecular formula is C63H86N9O15+. The van der Waals surface area contributed by atoms with Gasteiger partial charge in [0, 0.05) is 38.0 Å². The number of aliphatic hydroxyl groups excluding tert-OH is 6. The number of nitrogens with zero attached hydrogens (tertiary/aromatic N) is 3. The Labute approximate surface area is 506 Å². The molecule has 0 saturated carbocycles. The van der Waals surface area contributed by atoms with E-state index in [1.54, 1.807) is 31.2 Å². The molecule has 13 N–H and O–H groups in total. The van der Waals surface area contributed by atoms with Gasteiger partial charge in [0.15, 0.2) is 0 Å². The molecule has 3 aliphatic rings. The number of amides is 7. The fourth-order valence-corrected chi connectivity index (χ4v) is 11.0. The van der Waals surface area contributed by atoms with Gasteiger partial charge in [0.05, 0.1) is 58.7 Å². The summed E-state index contributed by atoms with van der Waals surface area (Å²) in [5, 5.41) is 94.6. The Morgan fingerprint density at radius 3 is 1.70 bits per heavy atom. The van der Waals surface area contributed by atoms with Crippen LogP contribution >= 0.6 is 0 Å². The predicted molar refractivity (Wildman–Crippen MR) is 321 cm³/mol. The van der Waals surface area contributed by atoms with Gasteiger partial charge in [-0.1, -0.05) is 87.4 Å². The van der Waals surface area contributed by atoms with Gasteiger partial charge in [0.1, 0.15) is 66.1 Å². The largest absolute Gasteiger partial charge is 0.508 e. The zero-order valence-corrected chi connectivity index (χ0v) is 50.3. The molecule has 0 aliphatic carbocycles. The number of fused-ring (bicyclic) bond motifs is 2. The highest BCUT2D eigenvalue weighted by Crippen LogP contribution is 2.30. The van der Waals surface area contributed by atoms with Gasteiger partial charge in [-0.3, -0.25) is 38.9 Å². The van der Waals surface area contributed by atoms with Crippen molar-refractivity contribution in [3.05, 3.63) is 108 Å². The van der Waals surface area contributed by atoms with Gasteiger partial charge in [-0.2, -0.15) is 0 Å². The highest BCUT2D eigenvalue weighted by Gasteiger charge is 2.48. The van der Waals surface area contributed by atoms with Crippen LogP contribution in [0.1, 0.15) is 88.2 Å². The number of likely N-dealkylation sites (N-methyl/N-ethyl adjacent to an activating group) is 1. The number of phenols is 1. The van der Waals surface area contributed by atoms with E-state index in [1.165, 1.54) is 38.1 Å². The van der Waals surface area contributed by atoms with Crippen molar-refractivity contribution in [2.45, 2.75) is 145 Å². The van der Waals surface area contributed by atoms with Gasteiger partial charge >= 0.3 is 0 Å². The van der Waals surface area contributed by atoms with Crippen molar-refractivity contribution in [3.63, 3.8) is 0 Å². The van der Waals surface area contributed by atoms with Crippen LogP contribution in [-0.2, 0) is 28.8 Å². The molecule has 472 valence electrons. The maximum absolute atomic E-state index is 14.8. The molecule has 0 aromatic heterocycles. The minimum atomic E-state index is -2.23. The van der Waals surface area contributed by atoms with Crippen molar-refractivity contribution in [2.24, 2.45) is 5.92 Å². The number of nitrogens with one attached hydrogen (secondary N) is 6. The van der Waals surface area contributed by atoms with Crippen molar-refractivity contribution in [1.82, 2.24) is 41.7 Å². The zero-order valence-electron chi connectivity index (χ0n) is 50.3. The molecule has 4 aromatic carbocycles. The van der Waals surface area contributed by atoms with E-state index in [9.17, 15) is 69.3 Å². The van der Waals surface area contributed by atoms with E-state index in [0.29, 0.717) is 17.6 Å². The van der Waals surface area contributed by atoms with Crippen LogP contribution in [0.25, 0.3) is 22.3 Å². The number of carbonyl (C=O) groups is 7. The normalized spacial score (nSPS) is 26.0. The summed E-state index contributed by atoms with van der Waals surface area (Å²) >= 11 is 0. The topological polar surface area (TPSA) is 349 Å². The van der Waals surface area contributed by atoms with Crippen LogP contribution in [0.2, 0.25) is 0 Å². The number of unbranched alkanes of at least 4 members (excludes halogenated alkanes) is 2. The summed E-state index contributed by atoms with van der Waals surface area (Å²) in [6.07, 6.45) is -9.91. The second-order valence-corrected chi connectivity index (χ2v) is 24.2. The fourth-order valence-electron chi connectivity index (χ4n) is 11.0. The second kappa shape index (κ2) is 29.9. The molecular weight excluding hydrogens is 1120 g/mol. The smallest absolute Gasteiger partial charge is 0.251 e. The Morgan fingerprint density at radius 2 is 1.15 bits per heavy atom. The molecule has 3 saturated heterocycles. The summed E-state index contributed by atoms with van der Waals surface area (Å²) in [6.45, 7) is 6.96. The van der Waals surface area contributed by atoms with Gasteiger partial charge in [0.2, 0.25) is 35.4 Å². The Balaban J connectivity index is 1.22. The first-order valence-corrected chi connectivity index (χ1v) is 29.7. The molecule has 7 rings (SSSR count). The molecule has 24 heteroatoms. The lowest BCUT2D eigenvalue weighted by atomic mass is 9.96. The molecule has 87 heavy (non-hydrogen) atoms. The van der Waals surface area contributed by atoms with Crippen molar-refractivity contribution in [1.29, 1.82) is 0 Å². The Kier molecular flexibility index (Phi) is 23.0.